The van der Waals surface area contributed by atoms with Gasteiger partial charge in [-0.25, -0.2) is 12.7 Å². The fourth-order valence-corrected chi connectivity index (χ4v) is 6.22. The van der Waals surface area contributed by atoms with E-state index in [1.165, 1.54) is 4.31 Å². The number of hydrogen-bond donors (Lipinski definition) is 1. The highest BCUT2D eigenvalue weighted by Gasteiger charge is 2.31. The third-order valence-electron chi connectivity index (χ3n) is 5.49. The first-order valence-electron chi connectivity index (χ1n) is 10.2. The molecule has 0 aliphatic carbocycles. The lowest BCUT2D eigenvalue weighted by molar-refractivity contribution is -0.126. The number of amides is 1. The Hall–Kier alpha value is -1.31. The Balaban J connectivity index is 1.45. The highest BCUT2D eigenvalue weighted by molar-refractivity contribution is 7.88. The largest absolute Gasteiger partial charge is 0.356 e. The fourth-order valence-electron chi connectivity index (χ4n) is 3.68. The van der Waals surface area contributed by atoms with Gasteiger partial charge >= 0.3 is 0 Å². The molecule has 1 aliphatic rings. The van der Waals surface area contributed by atoms with Gasteiger partial charge in [0.15, 0.2) is 0 Å². The van der Waals surface area contributed by atoms with Crippen molar-refractivity contribution in [3.63, 3.8) is 0 Å². The van der Waals surface area contributed by atoms with Crippen LogP contribution in [-0.2, 0) is 27.0 Å². The highest BCUT2D eigenvalue weighted by atomic mass is 35.5. The predicted octanol–water partition coefficient (Wildman–Crippen LogP) is 4.94. The van der Waals surface area contributed by atoms with Gasteiger partial charge in [-0.2, -0.15) is 0 Å². The highest BCUT2D eigenvalue weighted by Crippen LogP contribution is 2.29. The smallest absolute Gasteiger partial charge is 0.223 e. The number of nitrogens with zero attached hydrogens (tertiary/aromatic N) is 1. The first-order valence-corrected chi connectivity index (χ1v) is 12.9. The summed E-state index contributed by atoms with van der Waals surface area (Å²) in [5.41, 5.74) is 1.47. The monoisotopic (exact) mass is 502 g/mol. The van der Waals surface area contributed by atoms with Gasteiger partial charge in [0.1, 0.15) is 0 Å². The summed E-state index contributed by atoms with van der Waals surface area (Å²) in [5.74, 6) is -0.453. The minimum Gasteiger partial charge on any atom is -0.356 e. The minimum absolute atomic E-state index is 0.0228. The van der Waals surface area contributed by atoms with Crippen LogP contribution in [0.1, 0.15) is 30.4 Å². The van der Waals surface area contributed by atoms with Gasteiger partial charge in [-0.15, -0.1) is 0 Å². The normalized spacial score (nSPS) is 15.7. The molecule has 1 saturated heterocycles. The van der Waals surface area contributed by atoms with Gasteiger partial charge in [0, 0.05) is 46.2 Å². The average molecular weight is 504 g/mol. The van der Waals surface area contributed by atoms with Crippen LogP contribution in [0.5, 0.6) is 0 Å². The molecule has 3 rings (SSSR count). The second-order valence-corrected chi connectivity index (χ2v) is 10.8. The van der Waals surface area contributed by atoms with E-state index in [1.807, 2.05) is 24.3 Å². The number of rotatable bonds is 8. The van der Waals surface area contributed by atoms with Gasteiger partial charge in [-0.3, -0.25) is 4.79 Å². The standard InChI is InChI=1S/C22H25Cl3N2O3S/c23-19-7-2-1-5-16(19)6-4-12-26-22(28)17-10-13-27(14-11-17)31(29,30)15-18-20(24)8-3-9-21(18)25/h1-3,5,7-9,17H,4,6,10-15H2,(H,26,28). The SMILES string of the molecule is O=C(NCCCc1ccccc1Cl)C1CCN(S(=O)(=O)Cc2c(Cl)cccc2Cl)CC1. The van der Waals surface area contributed by atoms with Gasteiger partial charge in [-0.1, -0.05) is 59.1 Å². The van der Waals surface area contributed by atoms with Crippen LogP contribution in [0.15, 0.2) is 42.5 Å². The van der Waals surface area contributed by atoms with E-state index in [4.69, 9.17) is 34.8 Å². The number of halogens is 3. The molecular formula is C22H25Cl3N2O3S. The van der Waals surface area contributed by atoms with Crippen LogP contribution in [-0.4, -0.2) is 38.3 Å². The molecule has 0 spiro atoms. The van der Waals surface area contributed by atoms with Crippen LogP contribution in [0.25, 0.3) is 0 Å². The number of carbonyl (C=O) groups is 1. The Kier molecular flexibility index (Phi) is 8.65. The minimum atomic E-state index is -3.57. The first-order chi connectivity index (χ1) is 14.8. The lowest BCUT2D eigenvalue weighted by Crippen LogP contribution is -2.43. The zero-order valence-corrected chi connectivity index (χ0v) is 20.1. The van der Waals surface area contributed by atoms with E-state index in [0.29, 0.717) is 48.1 Å². The Morgan fingerprint density at radius 1 is 0.968 bits per heavy atom. The van der Waals surface area contributed by atoms with Gasteiger partial charge in [0.05, 0.1) is 5.75 Å². The maximum atomic E-state index is 12.8. The Bertz CT molecular complexity index is 1000. The van der Waals surface area contributed by atoms with E-state index >= 15 is 0 Å². The van der Waals surface area contributed by atoms with E-state index in [1.54, 1.807) is 18.2 Å². The van der Waals surface area contributed by atoms with Crippen LogP contribution >= 0.6 is 34.8 Å². The molecule has 2 aromatic carbocycles. The second kappa shape index (κ2) is 11.0. The summed E-state index contributed by atoms with van der Waals surface area (Å²) in [5, 5.41) is 4.37. The average Bonchev–Trinajstić information content (AvgIpc) is 2.75. The molecule has 2 aromatic rings. The maximum absolute atomic E-state index is 12.8. The molecule has 9 heteroatoms. The van der Waals surface area contributed by atoms with Gasteiger partial charge in [0.25, 0.3) is 0 Å². The van der Waals surface area contributed by atoms with Crippen molar-refractivity contribution < 1.29 is 13.2 Å². The number of hydrogen-bond acceptors (Lipinski definition) is 3. The predicted molar refractivity (Wildman–Crippen MR) is 126 cm³/mol. The van der Waals surface area contributed by atoms with Crippen LogP contribution in [0.3, 0.4) is 0 Å². The summed E-state index contributed by atoms with van der Waals surface area (Å²) in [4.78, 5) is 12.5. The summed E-state index contributed by atoms with van der Waals surface area (Å²) < 4.78 is 27.0. The van der Waals surface area contributed by atoms with Gasteiger partial charge in [-0.05, 0) is 49.4 Å². The van der Waals surface area contributed by atoms with Crippen molar-refractivity contribution >= 4 is 50.7 Å². The number of piperidine rings is 1. The Labute approximate surface area is 198 Å². The zero-order valence-electron chi connectivity index (χ0n) is 17.0. The third-order valence-corrected chi connectivity index (χ3v) is 8.37. The Morgan fingerprint density at radius 3 is 2.23 bits per heavy atom. The molecule has 5 nitrogen and oxygen atoms in total. The van der Waals surface area contributed by atoms with Crippen molar-refractivity contribution in [2.24, 2.45) is 5.92 Å². The van der Waals surface area contributed by atoms with Gasteiger partial charge < -0.3 is 5.32 Å². The molecule has 0 bridgehead atoms. The molecule has 1 fully saturated rings. The summed E-state index contributed by atoms with van der Waals surface area (Å²) >= 11 is 18.4. The second-order valence-electron chi connectivity index (χ2n) is 7.62. The maximum Gasteiger partial charge on any atom is 0.223 e. The number of carbonyl (C=O) groups excluding carboxylic acids is 1. The van der Waals surface area contributed by atoms with E-state index < -0.39 is 10.0 Å². The Morgan fingerprint density at radius 2 is 1.58 bits per heavy atom. The van der Waals surface area contributed by atoms with Crippen LogP contribution in [0.4, 0.5) is 0 Å². The van der Waals surface area contributed by atoms with E-state index in [9.17, 15) is 13.2 Å². The molecule has 1 aliphatic heterocycles. The van der Waals surface area contributed by atoms with Crippen LogP contribution < -0.4 is 5.32 Å². The van der Waals surface area contributed by atoms with E-state index in [-0.39, 0.29) is 17.6 Å². The molecule has 1 N–H and O–H groups in total. The number of nitrogens with one attached hydrogen (secondary N) is 1. The quantitative estimate of drug-likeness (QED) is 0.519. The molecule has 31 heavy (non-hydrogen) atoms. The number of aryl methyl sites for hydroxylation is 1. The van der Waals surface area contributed by atoms with Gasteiger partial charge in [0.2, 0.25) is 15.9 Å². The summed E-state index contributed by atoms with van der Waals surface area (Å²) in [6, 6.07) is 12.6. The molecule has 1 heterocycles. The molecule has 0 saturated carbocycles. The van der Waals surface area contributed by atoms with Crippen molar-refractivity contribution in [2.75, 3.05) is 19.6 Å². The molecule has 1 amide bonds. The molecule has 0 unspecified atom stereocenters. The number of sulfonamides is 1. The van der Waals surface area contributed by atoms with E-state index in [2.05, 4.69) is 5.32 Å². The molecular weight excluding hydrogens is 479 g/mol. The lowest BCUT2D eigenvalue weighted by Gasteiger charge is -2.30. The van der Waals surface area contributed by atoms with Crippen molar-refractivity contribution in [3.05, 3.63) is 68.7 Å². The van der Waals surface area contributed by atoms with Crippen molar-refractivity contribution in [1.82, 2.24) is 9.62 Å². The van der Waals surface area contributed by atoms with Crippen molar-refractivity contribution in [1.29, 1.82) is 0 Å². The summed E-state index contributed by atoms with van der Waals surface area (Å²) in [6.45, 7) is 1.18. The van der Waals surface area contributed by atoms with Crippen molar-refractivity contribution in [2.45, 2.75) is 31.4 Å². The van der Waals surface area contributed by atoms with E-state index in [0.717, 1.165) is 23.4 Å². The topological polar surface area (TPSA) is 66.5 Å². The van der Waals surface area contributed by atoms with Crippen LogP contribution in [0, 0.1) is 5.92 Å². The van der Waals surface area contributed by atoms with Crippen LogP contribution in [0.2, 0.25) is 15.1 Å². The fraction of sp³-hybridized carbons (Fsp3) is 0.409. The molecule has 0 radical (unpaired) electrons. The summed E-state index contributed by atoms with van der Waals surface area (Å²) in [6.07, 6.45) is 2.57. The molecule has 0 atom stereocenters. The molecule has 168 valence electrons. The molecule has 0 aromatic heterocycles. The first kappa shape index (κ1) is 24.3. The van der Waals surface area contributed by atoms with Crippen molar-refractivity contribution in [3.8, 4) is 0 Å². The number of benzene rings is 2. The lowest BCUT2D eigenvalue weighted by atomic mass is 9.97. The third kappa shape index (κ3) is 6.59. The zero-order chi connectivity index (χ0) is 22.4. The summed E-state index contributed by atoms with van der Waals surface area (Å²) in [7, 11) is -3.57.